The molecule has 0 radical (unpaired) electrons. The predicted octanol–water partition coefficient (Wildman–Crippen LogP) is 5.20. The van der Waals surface area contributed by atoms with Crippen molar-refractivity contribution in [2.45, 2.75) is 33.2 Å². The van der Waals surface area contributed by atoms with E-state index in [1.807, 2.05) is 45.0 Å². The highest BCUT2D eigenvalue weighted by molar-refractivity contribution is 5.96. The minimum atomic E-state index is -0.312. The second kappa shape index (κ2) is 9.19. The topological polar surface area (TPSA) is 77.8 Å². The zero-order chi connectivity index (χ0) is 21.7. The number of halogens is 1. The molecule has 0 saturated carbocycles. The van der Waals surface area contributed by atoms with Crippen molar-refractivity contribution in [1.29, 1.82) is 5.26 Å². The third kappa shape index (κ3) is 4.81. The van der Waals surface area contributed by atoms with Crippen LogP contribution in [0.2, 0.25) is 0 Å². The lowest BCUT2D eigenvalue weighted by Gasteiger charge is -2.16. The molecule has 3 rings (SSSR count). The second-order valence-corrected chi connectivity index (χ2v) is 7.35. The molecule has 5 nitrogen and oxygen atoms in total. The second-order valence-electron chi connectivity index (χ2n) is 7.35. The number of benzene rings is 2. The fraction of sp³-hybridized carbons (Fsp3) is 0.208. The third-order valence-electron chi connectivity index (χ3n) is 4.82. The summed E-state index contributed by atoms with van der Waals surface area (Å²) in [7, 11) is 0. The molecule has 0 bridgehead atoms. The highest BCUT2D eigenvalue weighted by Crippen LogP contribution is 2.26. The number of aromatic nitrogens is 1. The maximum absolute atomic E-state index is 13.0. The van der Waals surface area contributed by atoms with E-state index < -0.39 is 0 Å². The number of hydrogen-bond donors (Lipinski definition) is 2. The van der Waals surface area contributed by atoms with Gasteiger partial charge in [0.1, 0.15) is 17.7 Å². The standard InChI is InChI=1S/C24H23FN4O/c1-15(2)19-11-23(29-22-6-4-5-16(3)20(22)12-26)27-14-21(19)24(30)28-13-17-7-9-18(25)10-8-17/h4-11,14-15H,13H2,1-3H3,(H,27,29)(H,28,30). The van der Waals surface area contributed by atoms with E-state index in [1.165, 1.54) is 12.1 Å². The van der Waals surface area contributed by atoms with Crippen LogP contribution in [0, 0.1) is 24.1 Å². The highest BCUT2D eigenvalue weighted by atomic mass is 19.1. The maximum Gasteiger partial charge on any atom is 0.253 e. The Morgan fingerprint density at radius 2 is 1.93 bits per heavy atom. The highest BCUT2D eigenvalue weighted by Gasteiger charge is 2.16. The van der Waals surface area contributed by atoms with E-state index in [-0.39, 0.29) is 17.6 Å². The van der Waals surface area contributed by atoms with Crippen molar-refractivity contribution in [3.63, 3.8) is 0 Å². The lowest BCUT2D eigenvalue weighted by molar-refractivity contribution is 0.0949. The number of hydrogen-bond acceptors (Lipinski definition) is 4. The quantitative estimate of drug-likeness (QED) is 0.594. The first kappa shape index (κ1) is 21.0. The average molecular weight is 402 g/mol. The van der Waals surface area contributed by atoms with Crippen molar-refractivity contribution < 1.29 is 9.18 Å². The van der Waals surface area contributed by atoms with E-state index in [4.69, 9.17) is 0 Å². The van der Waals surface area contributed by atoms with Gasteiger partial charge >= 0.3 is 0 Å². The zero-order valence-corrected chi connectivity index (χ0v) is 17.2. The van der Waals surface area contributed by atoms with Crippen molar-refractivity contribution in [2.75, 3.05) is 5.32 Å². The normalized spacial score (nSPS) is 10.5. The Kier molecular flexibility index (Phi) is 6.43. The summed E-state index contributed by atoms with van der Waals surface area (Å²) in [5, 5.41) is 15.5. The van der Waals surface area contributed by atoms with Crippen LogP contribution in [0.1, 0.15) is 52.4 Å². The van der Waals surface area contributed by atoms with E-state index in [1.54, 1.807) is 18.3 Å². The van der Waals surface area contributed by atoms with E-state index in [0.717, 1.165) is 16.7 Å². The number of carbonyl (C=O) groups is 1. The molecule has 1 aromatic heterocycles. The van der Waals surface area contributed by atoms with Crippen molar-refractivity contribution >= 4 is 17.4 Å². The molecule has 152 valence electrons. The van der Waals surface area contributed by atoms with Gasteiger partial charge in [0.2, 0.25) is 0 Å². The fourth-order valence-corrected chi connectivity index (χ4v) is 3.14. The lowest BCUT2D eigenvalue weighted by atomic mass is 9.98. The van der Waals surface area contributed by atoms with Crippen LogP contribution < -0.4 is 10.6 Å². The average Bonchev–Trinajstić information content (AvgIpc) is 2.73. The lowest BCUT2D eigenvalue weighted by Crippen LogP contribution is -2.24. The number of nitriles is 1. The number of nitrogens with zero attached hydrogens (tertiary/aromatic N) is 2. The largest absolute Gasteiger partial charge is 0.348 e. The van der Waals surface area contributed by atoms with Crippen molar-refractivity contribution in [3.8, 4) is 6.07 Å². The Labute approximate surface area is 175 Å². The molecule has 30 heavy (non-hydrogen) atoms. The summed E-state index contributed by atoms with van der Waals surface area (Å²) < 4.78 is 13.0. The van der Waals surface area contributed by atoms with Gasteiger partial charge < -0.3 is 10.6 Å². The Hall–Kier alpha value is -3.72. The molecule has 0 unspecified atom stereocenters. The molecule has 1 amide bonds. The smallest absolute Gasteiger partial charge is 0.253 e. The van der Waals surface area contributed by atoms with Crippen LogP contribution in [0.4, 0.5) is 15.9 Å². The number of carbonyl (C=O) groups excluding carboxylic acids is 1. The molecule has 6 heteroatoms. The van der Waals surface area contributed by atoms with E-state index in [2.05, 4.69) is 21.7 Å². The van der Waals surface area contributed by atoms with Gasteiger partial charge in [-0.1, -0.05) is 38.1 Å². The van der Waals surface area contributed by atoms with Gasteiger partial charge in [-0.25, -0.2) is 9.37 Å². The molecule has 0 atom stereocenters. The van der Waals surface area contributed by atoms with E-state index in [0.29, 0.717) is 29.2 Å². The summed E-state index contributed by atoms with van der Waals surface area (Å²) >= 11 is 0. The van der Waals surface area contributed by atoms with Crippen LogP contribution in [-0.4, -0.2) is 10.9 Å². The molecule has 1 heterocycles. The zero-order valence-electron chi connectivity index (χ0n) is 17.2. The summed E-state index contributed by atoms with van der Waals surface area (Å²) in [5.74, 6) is 0.104. The molecule has 0 fully saturated rings. The van der Waals surface area contributed by atoms with Gasteiger partial charge in [-0.3, -0.25) is 4.79 Å². The Morgan fingerprint density at radius 3 is 2.60 bits per heavy atom. The molecule has 3 aromatic rings. The summed E-state index contributed by atoms with van der Waals surface area (Å²) in [6, 6.07) is 15.6. The molecule has 0 spiro atoms. The molecule has 0 aliphatic carbocycles. The molecule has 0 aliphatic heterocycles. The minimum Gasteiger partial charge on any atom is -0.348 e. The molecule has 0 aliphatic rings. The van der Waals surface area contributed by atoms with Crippen LogP contribution >= 0.6 is 0 Å². The summed E-state index contributed by atoms with van der Waals surface area (Å²) in [6.07, 6.45) is 1.54. The van der Waals surface area contributed by atoms with Gasteiger partial charge in [-0.2, -0.15) is 5.26 Å². The van der Waals surface area contributed by atoms with Crippen molar-refractivity contribution in [2.24, 2.45) is 0 Å². The van der Waals surface area contributed by atoms with Gasteiger partial charge in [0.15, 0.2) is 0 Å². The SMILES string of the molecule is Cc1cccc(Nc2cc(C(C)C)c(C(=O)NCc3ccc(F)cc3)cn2)c1C#N. The van der Waals surface area contributed by atoms with Gasteiger partial charge in [0.25, 0.3) is 5.91 Å². The number of aryl methyl sites for hydroxylation is 1. The van der Waals surface area contributed by atoms with Crippen molar-refractivity contribution in [3.05, 3.63) is 88.4 Å². The van der Waals surface area contributed by atoms with E-state index in [9.17, 15) is 14.4 Å². The summed E-state index contributed by atoms with van der Waals surface area (Å²) in [5.41, 5.74) is 4.26. The third-order valence-corrected chi connectivity index (χ3v) is 4.82. The van der Waals surface area contributed by atoms with Crippen LogP contribution in [0.15, 0.2) is 54.7 Å². The fourth-order valence-electron chi connectivity index (χ4n) is 3.14. The molecule has 2 N–H and O–H groups in total. The summed E-state index contributed by atoms with van der Waals surface area (Å²) in [6.45, 7) is 6.18. The Morgan fingerprint density at radius 1 is 1.20 bits per heavy atom. The van der Waals surface area contributed by atoms with E-state index >= 15 is 0 Å². The monoisotopic (exact) mass is 402 g/mol. The molecular weight excluding hydrogens is 379 g/mol. The summed E-state index contributed by atoms with van der Waals surface area (Å²) in [4.78, 5) is 17.1. The molecular formula is C24H23FN4O. The first-order chi connectivity index (χ1) is 14.4. The van der Waals surface area contributed by atoms with Gasteiger partial charge in [-0.15, -0.1) is 0 Å². The van der Waals surface area contributed by atoms with Crippen molar-refractivity contribution in [1.82, 2.24) is 10.3 Å². The first-order valence-electron chi connectivity index (χ1n) is 9.68. The van der Waals surface area contributed by atoms with Crippen LogP contribution in [0.5, 0.6) is 0 Å². The molecule has 2 aromatic carbocycles. The number of nitrogens with one attached hydrogen (secondary N) is 2. The van der Waals surface area contributed by atoms with Gasteiger partial charge in [0, 0.05) is 12.7 Å². The number of anilines is 2. The molecule has 0 saturated heterocycles. The van der Waals surface area contributed by atoms with Crippen LogP contribution in [-0.2, 0) is 6.54 Å². The van der Waals surface area contributed by atoms with Crippen LogP contribution in [0.25, 0.3) is 0 Å². The van der Waals surface area contributed by atoms with Crippen LogP contribution in [0.3, 0.4) is 0 Å². The van der Waals surface area contributed by atoms with Gasteiger partial charge in [0.05, 0.1) is 16.8 Å². The predicted molar refractivity (Wildman–Crippen MR) is 115 cm³/mol. The first-order valence-corrected chi connectivity index (χ1v) is 9.68. The number of pyridine rings is 1. The Balaban J connectivity index is 1.81. The van der Waals surface area contributed by atoms with Gasteiger partial charge in [-0.05, 0) is 53.8 Å². The minimum absolute atomic E-state index is 0.0908. The number of amides is 1. The Bertz CT molecular complexity index is 1100. The number of rotatable bonds is 6. The maximum atomic E-state index is 13.0.